The van der Waals surface area contributed by atoms with Crippen LogP contribution in [0.15, 0.2) is 40.3 Å². The lowest BCUT2D eigenvalue weighted by molar-refractivity contribution is -0.115. The minimum Gasteiger partial charge on any atom is -0.336 e. The van der Waals surface area contributed by atoms with E-state index in [1.165, 1.54) is 21.1 Å². The highest BCUT2D eigenvalue weighted by atomic mass is 32.2. The van der Waals surface area contributed by atoms with Gasteiger partial charge in [0.1, 0.15) is 11.5 Å². The normalized spacial score (nSPS) is 12.1. The molecule has 0 aliphatic rings. The van der Waals surface area contributed by atoms with Gasteiger partial charge in [-0.15, -0.1) is 10.2 Å². The molecule has 0 spiro atoms. The number of nitrogens with zero attached hydrogens (tertiary/aromatic N) is 5. The summed E-state index contributed by atoms with van der Waals surface area (Å²) in [5.74, 6) is 6.06. The molecule has 9 nitrogen and oxygen atoms in total. The Hall–Kier alpha value is -3.01. The summed E-state index contributed by atoms with van der Waals surface area (Å²) in [4.78, 5) is 25.5. The fourth-order valence-electron chi connectivity index (χ4n) is 2.58. The number of benzene rings is 1. The predicted octanol–water partition coefficient (Wildman–Crippen LogP) is 1.22. The van der Waals surface area contributed by atoms with Crippen LogP contribution in [0.25, 0.3) is 5.69 Å². The van der Waals surface area contributed by atoms with E-state index < -0.39 is 5.25 Å². The number of para-hydroxylation sites is 1. The quantitative estimate of drug-likeness (QED) is 0.503. The highest BCUT2D eigenvalue weighted by molar-refractivity contribution is 8.00. The number of nitrogens with one attached hydrogen (secondary N) is 1. The summed E-state index contributed by atoms with van der Waals surface area (Å²) < 4.78 is 4.55. The first-order valence-electron chi connectivity index (χ1n) is 8.30. The lowest BCUT2D eigenvalue weighted by atomic mass is 10.3. The van der Waals surface area contributed by atoms with Gasteiger partial charge in [0.05, 0.1) is 16.6 Å². The Labute approximate surface area is 160 Å². The van der Waals surface area contributed by atoms with E-state index in [-0.39, 0.29) is 17.2 Å². The molecule has 0 saturated heterocycles. The molecular formula is C17H21N7O2S. The molecule has 2 aromatic heterocycles. The summed E-state index contributed by atoms with van der Waals surface area (Å²) in [5, 5.41) is 10.5. The summed E-state index contributed by atoms with van der Waals surface area (Å²) in [6.45, 7) is 5.23. The van der Waals surface area contributed by atoms with E-state index >= 15 is 0 Å². The minimum absolute atomic E-state index is 0.254. The first-order valence-corrected chi connectivity index (χ1v) is 9.18. The predicted molar refractivity (Wildman–Crippen MR) is 105 cm³/mol. The van der Waals surface area contributed by atoms with Gasteiger partial charge in [0.2, 0.25) is 11.1 Å². The zero-order valence-electron chi connectivity index (χ0n) is 15.5. The van der Waals surface area contributed by atoms with Crippen LogP contribution >= 0.6 is 11.8 Å². The lowest BCUT2D eigenvalue weighted by Gasteiger charge is -2.10. The molecule has 0 radical (unpaired) electrons. The zero-order chi connectivity index (χ0) is 19.7. The Morgan fingerprint density at radius 2 is 1.89 bits per heavy atom. The van der Waals surface area contributed by atoms with E-state index in [0.29, 0.717) is 16.7 Å². The molecule has 3 N–H and O–H groups in total. The van der Waals surface area contributed by atoms with E-state index in [1.54, 1.807) is 32.5 Å². The van der Waals surface area contributed by atoms with Crippen molar-refractivity contribution in [2.45, 2.75) is 31.2 Å². The topological polar surface area (TPSA) is 113 Å². The standard InChI is InChI=1S/C17H21N7O2S/c1-10-14(16(26)24(22(10)4)13-8-6-5-7-9-13)19-15(25)11(2)27-17-21-20-12(3)23(17)18/h5-9,11H,18H2,1-4H3,(H,19,25)/t11-/m0/s1. The van der Waals surface area contributed by atoms with Gasteiger partial charge >= 0.3 is 0 Å². The van der Waals surface area contributed by atoms with Crippen LogP contribution in [0.5, 0.6) is 0 Å². The van der Waals surface area contributed by atoms with Gasteiger partial charge in [0.15, 0.2) is 0 Å². The van der Waals surface area contributed by atoms with E-state index in [4.69, 9.17) is 5.84 Å². The van der Waals surface area contributed by atoms with Crippen molar-refractivity contribution >= 4 is 23.4 Å². The molecule has 0 bridgehead atoms. The van der Waals surface area contributed by atoms with Crippen molar-refractivity contribution in [1.82, 2.24) is 24.2 Å². The molecule has 1 amide bonds. The third kappa shape index (κ3) is 3.47. The molecule has 3 aromatic rings. The van der Waals surface area contributed by atoms with Gasteiger partial charge in [-0.2, -0.15) is 0 Å². The van der Waals surface area contributed by atoms with Crippen LogP contribution in [0.1, 0.15) is 18.4 Å². The lowest BCUT2D eigenvalue weighted by Crippen LogP contribution is -2.27. The molecule has 1 aromatic carbocycles. The molecule has 3 rings (SSSR count). The molecule has 2 heterocycles. The number of hydrogen-bond acceptors (Lipinski definition) is 6. The molecule has 0 aliphatic carbocycles. The van der Waals surface area contributed by atoms with Gasteiger partial charge in [-0.1, -0.05) is 30.0 Å². The Balaban J connectivity index is 1.84. The Bertz CT molecular complexity index is 1040. The highest BCUT2D eigenvalue weighted by Crippen LogP contribution is 2.22. The number of carbonyl (C=O) groups is 1. The van der Waals surface area contributed by atoms with Crippen LogP contribution in [0.3, 0.4) is 0 Å². The van der Waals surface area contributed by atoms with Crippen LogP contribution in [0.2, 0.25) is 0 Å². The first-order chi connectivity index (χ1) is 12.8. The molecule has 0 unspecified atom stereocenters. The van der Waals surface area contributed by atoms with Gasteiger partial charge in [-0.25, -0.2) is 9.36 Å². The van der Waals surface area contributed by atoms with Gasteiger partial charge in [0.25, 0.3) is 5.56 Å². The molecule has 0 aliphatic heterocycles. The number of thioether (sulfide) groups is 1. The number of carbonyl (C=O) groups excluding carboxylic acids is 1. The van der Waals surface area contributed by atoms with Crippen molar-refractivity contribution in [3.8, 4) is 5.69 Å². The van der Waals surface area contributed by atoms with Crippen LogP contribution in [-0.2, 0) is 11.8 Å². The van der Waals surface area contributed by atoms with E-state index in [2.05, 4.69) is 15.5 Å². The molecule has 142 valence electrons. The van der Waals surface area contributed by atoms with E-state index in [0.717, 1.165) is 5.69 Å². The van der Waals surface area contributed by atoms with E-state index in [1.807, 2.05) is 30.3 Å². The molecular weight excluding hydrogens is 366 g/mol. The minimum atomic E-state index is -0.514. The molecule has 10 heteroatoms. The maximum atomic E-state index is 12.9. The largest absolute Gasteiger partial charge is 0.336 e. The van der Waals surface area contributed by atoms with Crippen molar-refractivity contribution in [1.29, 1.82) is 0 Å². The molecule has 0 saturated carbocycles. The van der Waals surface area contributed by atoms with Crippen molar-refractivity contribution in [3.05, 3.63) is 52.2 Å². The number of aryl methyl sites for hydroxylation is 1. The van der Waals surface area contributed by atoms with Crippen LogP contribution < -0.4 is 16.7 Å². The second-order valence-corrected chi connectivity index (χ2v) is 7.39. The Kier molecular flexibility index (Phi) is 5.08. The van der Waals surface area contributed by atoms with E-state index in [9.17, 15) is 9.59 Å². The van der Waals surface area contributed by atoms with Crippen molar-refractivity contribution in [3.63, 3.8) is 0 Å². The van der Waals surface area contributed by atoms with Gasteiger partial charge in [-0.3, -0.25) is 14.3 Å². The number of rotatable bonds is 5. The maximum Gasteiger partial charge on any atom is 0.295 e. The average Bonchev–Trinajstić information content (AvgIpc) is 3.07. The van der Waals surface area contributed by atoms with Gasteiger partial charge in [-0.05, 0) is 32.9 Å². The van der Waals surface area contributed by atoms with Crippen molar-refractivity contribution in [2.24, 2.45) is 7.05 Å². The maximum absolute atomic E-state index is 12.9. The summed E-state index contributed by atoms with van der Waals surface area (Å²) in [6.07, 6.45) is 0. The monoisotopic (exact) mass is 387 g/mol. The van der Waals surface area contributed by atoms with Gasteiger partial charge in [0, 0.05) is 7.05 Å². The van der Waals surface area contributed by atoms with Crippen LogP contribution in [-0.4, -0.2) is 35.4 Å². The summed E-state index contributed by atoms with van der Waals surface area (Å²) in [7, 11) is 1.78. The van der Waals surface area contributed by atoms with Crippen molar-refractivity contribution in [2.75, 3.05) is 11.2 Å². The van der Waals surface area contributed by atoms with Gasteiger partial charge < -0.3 is 11.2 Å². The highest BCUT2D eigenvalue weighted by Gasteiger charge is 2.23. The molecule has 27 heavy (non-hydrogen) atoms. The summed E-state index contributed by atoms with van der Waals surface area (Å²) >= 11 is 1.17. The van der Waals surface area contributed by atoms with Crippen molar-refractivity contribution < 1.29 is 4.79 Å². The van der Waals surface area contributed by atoms with Crippen LogP contribution in [0.4, 0.5) is 5.69 Å². The second kappa shape index (κ2) is 7.31. The molecule has 1 atom stereocenters. The number of nitrogen functional groups attached to an aromatic ring is 1. The third-order valence-electron chi connectivity index (χ3n) is 4.29. The number of amides is 1. The number of anilines is 1. The zero-order valence-corrected chi connectivity index (χ0v) is 16.3. The smallest absolute Gasteiger partial charge is 0.295 e. The fourth-order valence-corrected chi connectivity index (χ4v) is 3.39. The SMILES string of the molecule is Cc1nnc(S[C@@H](C)C(=O)Nc2c(C)n(C)n(-c3ccccc3)c2=O)n1N. The summed E-state index contributed by atoms with van der Waals surface area (Å²) in [6, 6.07) is 9.25. The first kappa shape index (κ1) is 18.8. The molecule has 0 fully saturated rings. The number of nitrogens with two attached hydrogens (primary N) is 1. The Morgan fingerprint density at radius 1 is 1.22 bits per heavy atom. The Morgan fingerprint density at radius 3 is 2.48 bits per heavy atom. The fraction of sp³-hybridized carbons (Fsp3) is 0.294. The third-order valence-corrected chi connectivity index (χ3v) is 5.35. The summed E-state index contributed by atoms with van der Waals surface area (Å²) in [5.41, 5.74) is 1.35. The average molecular weight is 387 g/mol. The van der Waals surface area contributed by atoms with Crippen LogP contribution in [0, 0.1) is 13.8 Å². The second-order valence-electron chi connectivity index (χ2n) is 6.09. The number of hydrogen-bond donors (Lipinski definition) is 2. The number of aromatic nitrogens is 5.